The SMILES string of the molecule is Nc1c(NCc2cc(Br)ccc2F)cccc1S(N)(=O)=O. The molecule has 8 heteroatoms. The summed E-state index contributed by atoms with van der Waals surface area (Å²) in [5.41, 5.74) is 6.58. The fraction of sp³-hybridized carbons (Fsp3) is 0.0769. The summed E-state index contributed by atoms with van der Waals surface area (Å²) in [6.07, 6.45) is 0. The van der Waals surface area contributed by atoms with E-state index in [4.69, 9.17) is 10.9 Å². The quantitative estimate of drug-likeness (QED) is 0.716. The Morgan fingerprint density at radius 2 is 1.95 bits per heavy atom. The van der Waals surface area contributed by atoms with Gasteiger partial charge in [-0.2, -0.15) is 0 Å². The minimum absolute atomic E-state index is 0.00963. The van der Waals surface area contributed by atoms with E-state index in [1.165, 1.54) is 18.2 Å². The summed E-state index contributed by atoms with van der Waals surface area (Å²) in [6, 6.07) is 8.98. The van der Waals surface area contributed by atoms with Crippen LogP contribution in [0.4, 0.5) is 15.8 Å². The van der Waals surface area contributed by atoms with Gasteiger partial charge in [0, 0.05) is 16.6 Å². The molecule has 2 rings (SSSR count). The lowest BCUT2D eigenvalue weighted by molar-refractivity contribution is 0.598. The van der Waals surface area contributed by atoms with Crippen LogP contribution in [0.2, 0.25) is 0 Å². The highest BCUT2D eigenvalue weighted by Crippen LogP contribution is 2.26. The zero-order valence-corrected chi connectivity index (χ0v) is 13.2. The molecule has 0 spiro atoms. The van der Waals surface area contributed by atoms with Gasteiger partial charge < -0.3 is 11.1 Å². The third-order valence-electron chi connectivity index (χ3n) is 2.85. The van der Waals surface area contributed by atoms with Gasteiger partial charge in [-0.1, -0.05) is 22.0 Å². The van der Waals surface area contributed by atoms with Crippen molar-refractivity contribution >= 4 is 37.3 Å². The molecule has 0 saturated carbocycles. The van der Waals surface area contributed by atoms with Gasteiger partial charge in [0.05, 0.1) is 11.4 Å². The second-order valence-electron chi connectivity index (χ2n) is 4.35. The number of nitrogens with two attached hydrogens (primary N) is 2. The second-order valence-corrected chi connectivity index (χ2v) is 6.80. The summed E-state index contributed by atoms with van der Waals surface area (Å²) < 4.78 is 37.1. The first-order valence-electron chi connectivity index (χ1n) is 5.88. The maximum atomic E-state index is 13.6. The Hall–Kier alpha value is -1.64. The second kappa shape index (κ2) is 6.00. The normalized spacial score (nSPS) is 11.4. The average molecular weight is 374 g/mol. The molecule has 0 aliphatic rings. The predicted octanol–water partition coefficient (Wildman–Crippen LogP) is 2.43. The third-order valence-corrected chi connectivity index (χ3v) is 4.31. The van der Waals surface area contributed by atoms with Gasteiger partial charge in [0.1, 0.15) is 10.7 Å². The van der Waals surface area contributed by atoms with Crippen LogP contribution in [0.15, 0.2) is 45.8 Å². The van der Waals surface area contributed by atoms with Crippen LogP contribution < -0.4 is 16.2 Å². The van der Waals surface area contributed by atoms with E-state index in [-0.39, 0.29) is 22.9 Å². The van der Waals surface area contributed by atoms with Crippen molar-refractivity contribution in [1.82, 2.24) is 0 Å². The number of nitrogen functional groups attached to an aromatic ring is 1. The van der Waals surface area contributed by atoms with Gasteiger partial charge >= 0.3 is 0 Å². The summed E-state index contributed by atoms with van der Waals surface area (Å²) in [4.78, 5) is -0.165. The number of sulfonamides is 1. The van der Waals surface area contributed by atoms with Crippen LogP contribution in [0, 0.1) is 5.82 Å². The number of hydrogen-bond donors (Lipinski definition) is 3. The number of rotatable bonds is 4. The Balaban J connectivity index is 2.27. The van der Waals surface area contributed by atoms with Gasteiger partial charge in [0.2, 0.25) is 10.0 Å². The van der Waals surface area contributed by atoms with E-state index in [9.17, 15) is 12.8 Å². The average Bonchev–Trinajstić information content (AvgIpc) is 2.40. The molecule has 112 valence electrons. The van der Waals surface area contributed by atoms with Crippen molar-refractivity contribution in [1.29, 1.82) is 0 Å². The van der Waals surface area contributed by atoms with E-state index in [1.54, 1.807) is 18.2 Å². The van der Waals surface area contributed by atoms with Crippen LogP contribution in [0.3, 0.4) is 0 Å². The largest absolute Gasteiger partial charge is 0.396 e. The Morgan fingerprint density at radius 3 is 2.62 bits per heavy atom. The molecule has 0 unspecified atom stereocenters. The summed E-state index contributed by atoms with van der Waals surface area (Å²) in [7, 11) is -3.90. The lowest BCUT2D eigenvalue weighted by atomic mass is 10.2. The molecule has 2 aromatic rings. The van der Waals surface area contributed by atoms with Gasteiger partial charge in [-0.25, -0.2) is 17.9 Å². The van der Waals surface area contributed by atoms with E-state index in [0.717, 1.165) is 4.47 Å². The smallest absolute Gasteiger partial charge is 0.240 e. The van der Waals surface area contributed by atoms with Crippen molar-refractivity contribution in [3.63, 3.8) is 0 Å². The number of nitrogens with one attached hydrogen (secondary N) is 1. The third kappa shape index (κ3) is 3.72. The molecular formula is C13H13BrFN3O2S. The highest BCUT2D eigenvalue weighted by Gasteiger charge is 2.14. The number of primary sulfonamides is 1. The van der Waals surface area contributed by atoms with Crippen molar-refractivity contribution in [2.45, 2.75) is 11.4 Å². The lowest BCUT2D eigenvalue weighted by Crippen LogP contribution is -2.15. The summed E-state index contributed by atoms with van der Waals surface area (Å²) in [5, 5.41) is 7.98. The summed E-state index contributed by atoms with van der Waals surface area (Å²) >= 11 is 3.26. The van der Waals surface area contributed by atoms with Gasteiger partial charge in [0.25, 0.3) is 0 Å². The molecule has 0 bridgehead atoms. The molecule has 0 fully saturated rings. The molecule has 0 radical (unpaired) electrons. The maximum Gasteiger partial charge on any atom is 0.240 e. The minimum atomic E-state index is -3.90. The number of hydrogen-bond acceptors (Lipinski definition) is 4. The monoisotopic (exact) mass is 373 g/mol. The van der Waals surface area contributed by atoms with Gasteiger partial charge in [-0.05, 0) is 30.3 Å². The molecule has 5 nitrogen and oxygen atoms in total. The van der Waals surface area contributed by atoms with Crippen LogP contribution in [0.5, 0.6) is 0 Å². The Morgan fingerprint density at radius 1 is 1.24 bits per heavy atom. The first kappa shape index (κ1) is 15.7. The summed E-state index contributed by atoms with van der Waals surface area (Å²) in [6.45, 7) is 0.156. The fourth-order valence-electron chi connectivity index (χ4n) is 1.82. The van der Waals surface area contributed by atoms with E-state index in [1.807, 2.05) is 0 Å². The molecule has 2 aromatic carbocycles. The first-order chi connectivity index (χ1) is 9.79. The first-order valence-corrected chi connectivity index (χ1v) is 8.22. The van der Waals surface area contributed by atoms with Crippen molar-refractivity contribution in [2.75, 3.05) is 11.1 Å². The zero-order valence-electron chi connectivity index (χ0n) is 10.8. The van der Waals surface area contributed by atoms with Gasteiger partial charge in [0.15, 0.2) is 0 Å². The molecule has 21 heavy (non-hydrogen) atoms. The highest BCUT2D eigenvalue weighted by molar-refractivity contribution is 9.10. The Kier molecular flexibility index (Phi) is 4.50. The molecule has 0 atom stereocenters. The van der Waals surface area contributed by atoms with E-state index < -0.39 is 10.0 Å². The van der Waals surface area contributed by atoms with E-state index >= 15 is 0 Å². The Bertz CT molecular complexity index is 781. The van der Waals surface area contributed by atoms with Crippen LogP contribution in [0.1, 0.15) is 5.56 Å². The molecule has 0 aliphatic heterocycles. The lowest BCUT2D eigenvalue weighted by Gasteiger charge is -2.12. The summed E-state index contributed by atoms with van der Waals surface area (Å²) in [5.74, 6) is -0.369. The molecule has 0 saturated heterocycles. The molecule has 0 aromatic heterocycles. The van der Waals surface area contributed by atoms with Gasteiger partial charge in [-0.3, -0.25) is 0 Å². The predicted molar refractivity (Wildman–Crippen MR) is 83.7 cm³/mol. The molecule has 5 N–H and O–H groups in total. The number of para-hydroxylation sites is 1. The molecule has 0 amide bonds. The number of benzene rings is 2. The number of halogens is 2. The zero-order chi connectivity index (χ0) is 15.6. The molecule has 0 heterocycles. The van der Waals surface area contributed by atoms with E-state index in [0.29, 0.717) is 11.3 Å². The standard InChI is InChI=1S/C13H13BrFN3O2S/c14-9-4-5-10(15)8(6-9)7-18-11-2-1-3-12(13(11)16)21(17,19)20/h1-6,18H,7,16H2,(H2,17,19,20). The highest BCUT2D eigenvalue weighted by atomic mass is 79.9. The van der Waals surface area contributed by atoms with Crippen molar-refractivity contribution in [3.8, 4) is 0 Å². The van der Waals surface area contributed by atoms with Crippen LogP contribution in [-0.2, 0) is 16.6 Å². The van der Waals surface area contributed by atoms with E-state index in [2.05, 4.69) is 21.2 Å². The van der Waals surface area contributed by atoms with Gasteiger partial charge in [-0.15, -0.1) is 0 Å². The van der Waals surface area contributed by atoms with Crippen LogP contribution in [-0.4, -0.2) is 8.42 Å². The molecule has 0 aliphatic carbocycles. The number of anilines is 2. The van der Waals surface area contributed by atoms with Crippen molar-refractivity contribution in [2.24, 2.45) is 5.14 Å². The fourth-order valence-corrected chi connectivity index (χ4v) is 2.91. The Labute approximate surface area is 130 Å². The van der Waals surface area contributed by atoms with Crippen LogP contribution in [0.25, 0.3) is 0 Å². The maximum absolute atomic E-state index is 13.6. The molecular weight excluding hydrogens is 361 g/mol. The topological polar surface area (TPSA) is 98.2 Å². The van der Waals surface area contributed by atoms with Crippen molar-refractivity contribution < 1.29 is 12.8 Å². The minimum Gasteiger partial charge on any atom is -0.396 e. The van der Waals surface area contributed by atoms with Crippen LogP contribution >= 0.6 is 15.9 Å². The van der Waals surface area contributed by atoms with Crippen molar-refractivity contribution in [3.05, 3.63) is 52.3 Å².